The van der Waals surface area contributed by atoms with E-state index in [-0.39, 0.29) is 25.4 Å². The second-order valence-corrected chi connectivity index (χ2v) is 6.44. The van der Waals surface area contributed by atoms with Crippen LogP contribution in [0.3, 0.4) is 0 Å². The zero-order valence-electron chi connectivity index (χ0n) is 15.4. The first-order valence-electron chi connectivity index (χ1n) is 8.53. The number of Topliss-reactive ketones (excluding diaryl/α,β-unsaturated/α-hetero) is 1. The molecule has 0 radical (unpaired) electrons. The summed E-state index contributed by atoms with van der Waals surface area (Å²) in [5, 5.41) is 2.45. The second kappa shape index (κ2) is 7.68. The van der Waals surface area contributed by atoms with Gasteiger partial charge in [0.25, 0.3) is 0 Å². The van der Waals surface area contributed by atoms with E-state index in [1.807, 2.05) is 13.0 Å². The molecule has 0 spiro atoms. The number of carbonyl (C=O) groups is 4. The number of benzene rings is 1. The molecule has 1 N–H and O–H groups in total. The molecule has 1 aliphatic carbocycles. The zero-order chi connectivity index (χ0) is 19.5. The highest BCUT2D eigenvalue weighted by molar-refractivity contribution is 6.33. The van der Waals surface area contributed by atoms with Gasteiger partial charge in [0.1, 0.15) is 6.04 Å². The SMILES string of the molecule is CCOC(=O)CC1(C)c2ccc(C)cc2C(=O)C1NC(=O)C(=O)OCC. The molecule has 1 aliphatic rings. The normalized spacial score (nSPS) is 21.1. The molecule has 7 heteroatoms. The summed E-state index contributed by atoms with van der Waals surface area (Å²) in [6.45, 7) is 7.08. The molecule has 0 heterocycles. The van der Waals surface area contributed by atoms with Crippen LogP contribution in [-0.4, -0.2) is 42.9 Å². The van der Waals surface area contributed by atoms with E-state index in [1.54, 1.807) is 32.9 Å². The zero-order valence-corrected chi connectivity index (χ0v) is 15.4. The highest BCUT2D eigenvalue weighted by Crippen LogP contribution is 2.42. The number of amides is 1. The summed E-state index contributed by atoms with van der Waals surface area (Å²) in [5.74, 6) is -2.89. The predicted molar refractivity (Wildman–Crippen MR) is 92.7 cm³/mol. The average molecular weight is 361 g/mol. The van der Waals surface area contributed by atoms with Gasteiger partial charge in [0, 0.05) is 11.0 Å². The maximum Gasteiger partial charge on any atom is 0.396 e. The van der Waals surface area contributed by atoms with Crippen LogP contribution in [0, 0.1) is 6.92 Å². The highest BCUT2D eigenvalue weighted by Gasteiger charge is 2.51. The fourth-order valence-corrected chi connectivity index (χ4v) is 3.28. The molecule has 0 bridgehead atoms. The number of hydrogen-bond donors (Lipinski definition) is 1. The van der Waals surface area contributed by atoms with Crippen molar-refractivity contribution in [1.29, 1.82) is 0 Å². The third kappa shape index (κ3) is 3.61. The fraction of sp³-hybridized carbons (Fsp3) is 0.474. The quantitative estimate of drug-likeness (QED) is 0.630. The lowest BCUT2D eigenvalue weighted by atomic mass is 9.77. The van der Waals surface area contributed by atoms with Gasteiger partial charge in [0.05, 0.1) is 19.6 Å². The number of nitrogens with one attached hydrogen (secondary N) is 1. The molecule has 1 aromatic rings. The van der Waals surface area contributed by atoms with Crippen molar-refractivity contribution in [3.63, 3.8) is 0 Å². The van der Waals surface area contributed by atoms with Crippen molar-refractivity contribution in [3.05, 3.63) is 34.9 Å². The summed E-state index contributed by atoms with van der Waals surface area (Å²) in [4.78, 5) is 48.8. The molecule has 0 fully saturated rings. The summed E-state index contributed by atoms with van der Waals surface area (Å²) >= 11 is 0. The van der Waals surface area contributed by atoms with E-state index in [4.69, 9.17) is 4.74 Å². The Labute approximate surface area is 152 Å². The Morgan fingerprint density at radius 2 is 1.81 bits per heavy atom. The first-order chi connectivity index (χ1) is 12.2. The van der Waals surface area contributed by atoms with Crippen LogP contribution in [0.1, 0.15) is 48.7 Å². The summed E-state index contributed by atoms with van der Waals surface area (Å²) in [6.07, 6.45) is -0.101. The van der Waals surface area contributed by atoms with Gasteiger partial charge in [-0.15, -0.1) is 0 Å². The molecular formula is C19H23NO6. The van der Waals surface area contributed by atoms with E-state index in [0.29, 0.717) is 11.1 Å². The van der Waals surface area contributed by atoms with Crippen LogP contribution < -0.4 is 5.32 Å². The van der Waals surface area contributed by atoms with Crippen LogP contribution in [0.25, 0.3) is 0 Å². The summed E-state index contributed by atoms with van der Waals surface area (Å²) < 4.78 is 9.71. The number of ether oxygens (including phenoxy) is 2. The first-order valence-corrected chi connectivity index (χ1v) is 8.53. The van der Waals surface area contributed by atoms with E-state index < -0.39 is 29.3 Å². The maximum absolute atomic E-state index is 12.9. The Kier molecular flexibility index (Phi) is 5.79. The van der Waals surface area contributed by atoms with Gasteiger partial charge in [-0.2, -0.15) is 0 Å². The lowest BCUT2D eigenvalue weighted by Crippen LogP contribution is -2.52. The number of fused-ring (bicyclic) bond motifs is 1. The van der Waals surface area contributed by atoms with E-state index in [9.17, 15) is 19.2 Å². The second-order valence-electron chi connectivity index (χ2n) is 6.44. The lowest BCUT2D eigenvalue weighted by Gasteiger charge is -2.31. The molecule has 2 unspecified atom stereocenters. The number of ketones is 1. The predicted octanol–water partition coefficient (Wildman–Crippen LogP) is 1.45. The number of hydrogen-bond acceptors (Lipinski definition) is 6. The van der Waals surface area contributed by atoms with Crippen LogP contribution in [0.2, 0.25) is 0 Å². The van der Waals surface area contributed by atoms with Crippen molar-refractivity contribution in [3.8, 4) is 0 Å². The van der Waals surface area contributed by atoms with Crippen LogP contribution in [0.4, 0.5) is 0 Å². The third-order valence-electron chi connectivity index (χ3n) is 4.51. The van der Waals surface area contributed by atoms with Crippen molar-refractivity contribution in [2.24, 2.45) is 0 Å². The molecule has 26 heavy (non-hydrogen) atoms. The fourth-order valence-electron chi connectivity index (χ4n) is 3.28. The number of carbonyl (C=O) groups excluding carboxylic acids is 4. The molecule has 1 amide bonds. The Balaban J connectivity index is 2.41. The molecule has 1 aromatic carbocycles. The standard InChI is InChI=1S/C19H23NO6/c1-5-25-14(21)10-19(4)13-8-7-11(3)9-12(13)15(22)16(19)20-17(23)18(24)26-6-2/h7-9,16H,5-6,10H2,1-4H3,(H,20,23). The highest BCUT2D eigenvalue weighted by atomic mass is 16.5. The minimum atomic E-state index is -1.06. The third-order valence-corrected chi connectivity index (χ3v) is 4.51. The molecule has 0 aliphatic heterocycles. The van der Waals surface area contributed by atoms with Gasteiger partial charge in [0.15, 0.2) is 5.78 Å². The molecular weight excluding hydrogens is 338 g/mol. The number of aryl methyl sites for hydroxylation is 1. The monoisotopic (exact) mass is 361 g/mol. The Hall–Kier alpha value is -2.70. The number of esters is 2. The van der Waals surface area contributed by atoms with Crippen molar-refractivity contribution < 1.29 is 28.7 Å². The van der Waals surface area contributed by atoms with Gasteiger partial charge in [-0.25, -0.2) is 4.79 Å². The van der Waals surface area contributed by atoms with Gasteiger partial charge in [-0.1, -0.05) is 24.6 Å². The Bertz CT molecular complexity index is 756. The van der Waals surface area contributed by atoms with E-state index >= 15 is 0 Å². The summed E-state index contributed by atoms with van der Waals surface area (Å²) in [6, 6.07) is 4.28. The minimum absolute atomic E-state index is 0.0460. The Morgan fingerprint density at radius 1 is 1.15 bits per heavy atom. The van der Waals surface area contributed by atoms with Crippen LogP contribution >= 0.6 is 0 Å². The molecule has 0 saturated carbocycles. The molecule has 7 nitrogen and oxygen atoms in total. The summed E-state index contributed by atoms with van der Waals surface area (Å²) in [7, 11) is 0. The van der Waals surface area contributed by atoms with E-state index in [0.717, 1.165) is 5.56 Å². The maximum atomic E-state index is 12.9. The molecule has 0 saturated heterocycles. The van der Waals surface area contributed by atoms with E-state index in [1.165, 1.54) is 0 Å². The minimum Gasteiger partial charge on any atom is -0.466 e. The molecule has 2 rings (SSSR count). The van der Waals surface area contributed by atoms with Gasteiger partial charge in [0.2, 0.25) is 0 Å². The topological polar surface area (TPSA) is 98.8 Å². The first kappa shape index (κ1) is 19.6. The average Bonchev–Trinajstić information content (AvgIpc) is 2.76. The molecule has 140 valence electrons. The molecule has 0 aromatic heterocycles. The smallest absolute Gasteiger partial charge is 0.396 e. The summed E-state index contributed by atoms with van der Waals surface area (Å²) in [5.41, 5.74) is 0.948. The Morgan fingerprint density at radius 3 is 2.42 bits per heavy atom. The van der Waals surface area contributed by atoms with Crippen LogP contribution in [-0.2, 0) is 29.3 Å². The van der Waals surface area contributed by atoms with Crippen molar-refractivity contribution in [2.75, 3.05) is 13.2 Å². The van der Waals surface area contributed by atoms with Gasteiger partial charge in [-0.3, -0.25) is 14.4 Å². The molecule has 2 atom stereocenters. The largest absolute Gasteiger partial charge is 0.466 e. The van der Waals surface area contributed by atoms with Gasteiger partial charge < -0.3 is 14.8 Å². The van der Waals surface area contributed by atoms with Crippen molar-refractivity contribution >= 4 is 23.6 Å². The van der Waals surface area contributed by atoms with Crippen LogP contribution in [0.15, 0.2) is 18.2 Å². The van der Waals surface area contributed by atoms with Crippen molar-refractivity contribution in [1.82, 2.24) is 5.32 Å². The van der Waals surface area contributed by atoms with Crippen LogP contribution in [0.5, 0.6) is 0 Å². The lowest BCUT2D eigenvalue weighted by molar-refractivity contribution is -0.155. The van der Waals surface area contributed by atoms with E-state index in [2.05, 4.69) is 10.1 Å². The van der Waals surface area contributed by atoms with Crippen molar-refractivity contribution in [2.45, 2.75) is 45.6 Å². The van der Waals surface area contributed by atoms with Gasteiger partial charge in [-0.05, 0) is 32.4 Å². The number of rotatable bonds is 5. The van der Waals surface area contributed by atoms with Gasteiger partial charge >= 0.3 is 17.8 Å².